The van der Waals surface area contributed by atoms with Gasteiger partial charge in [0.1, 0.15) is 0 Å². The molecule has 1 heterocycles. The van der Waals surface area contributed by atoms with Crippen molar-refractivity contribution in [2.24, 2.45) is 0 Å². The normalized spacial score (nSPS) is 10.0. The lowest BCUT2D eigenvalue weighted by Gasteiger charge is -2.02. The Morgan fingerprint density at radius 3 is 2.36 bits per heavy atom. The summed E-state index contributed by atoms with van der Waals surface area (Å²) in [6.07, 6.45) is 1.95. The Morgan fingerprint density at radius 1 is 1.36 bits per heavy atom. The van der Waals surface area contributed by atoms with Gasteiger partial charge in [-0.3, -0.25) is 4.79 Å². The number of esters is 1. The van der Waals surface area contributed by atoms with Crippen LogP contribution in [0.15, 0.2) is 12.4 Å². The number of hydrogen-bond donors (Lipinski definition) is 0. The molecule has 0 saturated carbocycles. The van der Waals surface area contributed by atoms with Crippen LogP contribution in [-0.4, -0.2) is 22.5 Å². The van der Waals surface area contributed by atoms with Crippen molar-refractivity contribution in [1.29, 1.82) is 0 Å². The van der Waals surface area contributed by atoms with Crippen molar-refractivity contribution in [3.63, 3.8) is 0 Å². The van der Waals surface area contributed by atoms with Crippen molar-refractivity contribution in [2.45, 2.75) is 13.5 Å². The highest BCUT2D eigenvalue weighted by atomic mass is 19.3. The molecule has 5 nitrogen and oxygen atoms in total. The van der Waals surface area contributed by atoms with Crippen LogP contribution in [0.1, 0.15) is 6.92 Å². The van der Waals surface area contributed by atoms with E-state index in [1.165, 1.54) is 6.92 Å². The molecular weight excluding hydrogens is 198 g/mol. The first-order valence-corrected chi connectivity index (χ1v) is 3.53. The first-order valence-electron chi connectivity index (χ1n) is 3.53. The van der Waals surface area contributed by atoms with E-state index >= 15 is 0 Å². The second kappa shape index (κ2) is 4.45. The van der Waals surface area contributed by atoms with Crippen molar-refractivity contribution in [3.8, 4) is 11.8 Å². The van der Waals surface area contributed by atoms with Gasteiger partial charge in [0, 0.05) is 6.92 Å². The molecule has 0 fully saturated rings. The molecule has 1 aromatic rings. The van der Waals surface area contributed by atoms with Crippen molar-refractivity contribution in [2.75, 3.05) is 0 Å². The third-order valence-electron chi connectivity index (χ3n) is 1.06. The molecule has 0 amide bonds. The van der Waals surface area contributed by atoms with Gasteiger partial charge in [-0.05, 0) is 0 Å². The molecule has 7 heteroatoms. The average Bonchev–Trinajstić information content (AvgIpc) is 2.06. The summed E-state index contributed by atoms with van der Waals surface area (Å²) in [5.74, 6) is -0.975. The van der Waals surface area contributed by atoms with E-state index in [2.05, 4.69) is 19.4 Å². The monoisotopic (exact) mass is 204 g/mol. The molecule has 0 N–H and O–H groups in total. The number of halogens is 2. The molecule has 1 rings (SSSR count). The lowest BCUT2D eigenvalue weighted by atomic mass is 10.7. The average molecular weight is 204 g/mol. The van der Waals surface area contributed by atoms with Gasteiger partial charge in [0.05, 0.1) is 12.4 Å². The summed E-state index contributed by atoms with van der Waals surface area (Å²) in [6, 6.07) is 0. The summed E-state index contributed by atoms with van der Waals surface area (Å²) in [6.45, 7) is -1.77. The Morgan fingerprint density at radius 2 is 1.93 bits per heavy atom. The molecule has 0 atom stereocenters. The molecule has 0 radical (unpaired) electrons. The van der Waals surface area contributed by atoms with Crippen LogP contribution in [-0.2, 0) is 4.79 Å². The van der Waals surface area contributed by atoms with Crippen LogP contribution in [0.3, 0.4) is 0 Å². The molecule has 0 aliphatic heterocycles. The minimum Gasteiger partial charge on any atom is -0.415 e. The molecule has 0 unspecified atom stereocenters. The smallest absolute Gasteiger partial charge is 0.388 e. The zero-order valence-electron chi connectivity index (χ0n) is 7.11. The highest BCUT2D eigenvalue weighted by Crippen LogP contribution is 2.11. The van der Waals surface area contributed by atoms with E-state index in [1.807, 2.05) is 0 Å². The molecule has 14 heavy (non-hydrogen) atoms. The third kappa shape index (κ3) is 3.30. The fourth-order valence-corrected chi connectivity index (χ4v) is 0.656. The van der Waals surface area contributed by atoms with Crippen LogP contribution < -0.4 is 9.47 Å². The summed E-state index contributed by atoms with van der Waals surface area (Å²) < 4.78 is 31.8. The maximum absolute atomic E-state index is 11.7. The third-order valence-corrected chi connectivity index (χ3v) is 1.06. The van der Waals surface area contributed by atoms with Crippen LogP contribution in [0.5, 0.6) is 11.8 Å². The fourth-order valence-electron chi connectivity index (χ4n) is 0.656. The van der Waals surface area contributed by atoms with Crippen molar-refractivity contribution >= 4 is 5.97 Å². The summed E-state index contributed by atoms with van der Waals surface area (Å²) in [4.78, 5) is 17.4. The second-order valence-corrected chi connectivity index (χ2v) is 2.17. The number of alkyl halides is 2. The largest absolute Gasteiger partial charge is 0.415 e. The maximum atomic E-state index is 11.7. The van der Waals surface area contributed by atoms with E-state index < -0.39 is 12.6 Å². The molecule has 1 aromatic heterocycles. The van der Waals surface area contributed by atoms with E-state index in [1.54, 1.807) is 0 Å². The zero-order valence-corrected chi connectivity index (χ0v) is 7.11. The zero-order chi connectivity index (χ0) is 10.6. The molecule has 0 saturated heterocycles. The quantitative estimate of drug-likeness (QED) is 0.687. The second-order valence-electron chi connectivity index (χ2n) is 2.17. The van der Waals surface area contributed by atoms with E-state index in [0.29, 0.717) is 0 Å². The molecule has 0 bridgehead atoms. The van der Waals surface area contributed by atoms with Gasteiger partial charge >= 0.3 is 12.6 Å². The Bertz CT molecular complexity index is 315. The lowest BCUT2D eigenvalue weighted by molar-refractivity contribution is -0.132. The SMILES string of the molecule is CC(=O)Oc1cnc(OC(F)F)cn1. The fraction of sp³-hybridized carbons (Fsp3) is 0.286. The number of ether oxygens (including phenoxy) is 2. The van der Waals surface area contributed by atoms with Gasteiger partial charge in [-0.25, -0.2) is 9.97 Å². The van der Waals surface area contributed by atoms with Crippen LogP contribution >= 0.6 is 0 Å². The van der Waals surface area contributed by atoms with E-state index in [9.17, 15) is 13.6 Å². The number of rotatable bonds is 3. The van der Waals surface area contributed by atoms with E-state index in [-0.39, 0.29) is 11.8 Å². The Hall–Kier alpha value is -1.79. The molecule has 0 spiro atoms. The van der Waals surface area contributed by atoms with E-state index in [4.69, 9.17) is 0 Å². The lowest BCUT2D eigenvalue weighted by Crippen LogP contribution is -2.06. The van der Waals surface area contributed by atoms with Crippen LogP contribution in [0.2, 0.25) is 0 Å². The van der Waals surface area contributed by atoms with Gasteiger partial charge < -0.3 is 9.47 Å². The first kappa shape index (κ1) is 10.3. The minimum absolute atomic E-state index is 0.0703. The van der Waals surface area contributed by atoms with Crippen LogP contribution in [0.4, 0.5) is 8.78 Å². The van der Waals surface area contributed by atoms with E-state index in [0.717, 1.165) is 12.4 Å². The summed E-state index contributed by atoms with van der Waals surface area (Å²) in [7, 11) is 0. The standard InChI is InChI=1S/C7H6F2N2O3/c1-4(12)13-5-2-11-6(3-10-5)14-7(8)9/h2-3,7H,1H3. The van der Waals surface area contributed by atoms with Gasteiger partial charge in [0.25, 0.3) is 0 Å². The molecule has 0 aliphatic carbocycles. The number of carbonyl (C=O) groups is 1. The molecule has 0 aromatic carbocycles. The Balaban J connectivity index is 2.63. The summed E-state index contributed by atoms with van der Waals surface area (Å²) in [5, 5.41) is 0. The van der Waals surface area contributed by atoms with Crippen LogP contribution in [0, 0.1) is 0 Å². The minimum atomic E-state index is -2.95. The number of carbonyl (C=O) groups excluding carboxylic acids is 1. The first-order chi connectivity index (χ1) is 6.58. The van der Waals surface area contributed by atoms with Crippen molar-refractivity contribution in [1.82, 2.24) is 9.97 Å². The highest BCUT2D eigenvalue weighted by Gasteiger charge is 2.06. The van der Waals surface area contributed by atoms with Crippen molar-refractivity contribution in [3.05, 3.63) is 12.4 Å². The Kier molecular flexibility index (Phi) is 3.27. The van der Waals surface area contributed by atoms with Gasteiger partial charge in [-0.2, -0.15) is 8.78 Å². The van der Waals surface area contributed by atoms with Crippen molar-refractivity contribution < 1.29 is 23.0 Å². The molecule has 0 aliphatic rings. The summed E-state index contributed by atoms with van der Waals surface area (Å²) >= 11 is 0. The number of nitrogens with zero attached hydrogens (tertiary/aromatic N) is 2. The van der Waals surface area contributed by atoms with Gasteiger partial charge in [0.2, 0.25) is 11.8 Å². The summed E-state index contributed by atoms with van der Waals surface area (Å²) in [5.41, 5.74) is 0. The predicted molar refractivity (Wildman–Crippen MR) is 40.0 cm³/mol. The topological polar surface area (TPSA) is 61.3 Å². The number of aromatic nitrogens is 2. The Labute approximate surface area is 77.7 Å². The predicted octanol–water partition coefficient (Wildman–Crippen LogP) is 1.00. The van der Waals surface area contributed by atoms with Crippen LogP contribution in [0.25, 0.3) is 0 Å². The molecule has 76 valence electrons. The van der Waals surface area contributed by atoms with Gasteiger partial charge in [-0.15, -0.1) is 0 Å². The highest BCUT2D eigenvalue weighted by molar-refractivity contribution is 5.68. The van der Waals surface area contributed by atoms with Gasteiger partial charge in [-0.1, -0.05) is 0 Å². The molecular formula is C7H6F2N2O3. The maximum Gasteiger partial charge on any atom is 0.388 e. The van der Waals surface area contributed by atoms with Gasteiger partial charge in [0.15, 0.2) is 0 Å². The number of hydrogen-bond acceptors (Lipinski definition) is 5.